The Labute approximate surface area is 95.7 Å². The second-order valence-electron chi connectivity index (χ2n) is 4.69. The van der Waals surface area contributed by atoms with E-state index in [2.05, 4.69) is 0 Å². The Kier molecular flexibility index (Phi) is 2.66. The Balaban J connectivity index is 2.38. The number of benzene rings is 1. The largest absolute Gasteiger partial charge is 0.291 e. The van der Waals surface area contributed by atoms with Crippen LogP contribution in [-0.4, -0.2) is 11.6 Å². The van der Waals surface area contributed by atoms with Crippen molar-refractivity contribution in [3.8, 4) is 0 Å². The van der Waals surface area contributed by atoms with Gasteiger partial charge in [-0.3, -0.25) is 9.59 Å². The number of hydrogen-bond donors (Lipinski definition) is 0. The third-order valence-electron chi connectivity index (χ3n) is 3.57. The molecule has 0 bridgehead atoms. The van der Waals surface area contributed by atoms with Crippen molar-refractivity contribution in [3.05, 3.63) is 35.4 Å². The van der Waals surface area contributed by atoms with Gasteiger partial charge < -0.3 is 0 Å². The van der Waals surface area contributed by atoms with Crippen molar-refractivity contribution in [1.82, 2.24) is 0 Å². The molecule has 2 heteroatoms. The van der Waals surface area contributed by atoms with Crippen molar-refractivity contribution < 1.29 is 9.59 Å². The molecule has 1 aromatic rings. The molecule has 1 saturated carbocycles. The summed E-state index contributed by atoms with van der Waals surface area (Å²) < 4.78 is 0. The average molecular weight is 216 g/mol. The first-order valence-electron chi connectivity index (χ1n) is 5.69. The molecule has 0 aromatic heterocycles. The molecule has 0 spiro atoms. The van der Waals surface area contributed by atoms with Gasteiger partial charge in [0.2, 0.25) is 5.78 Å². The van der Waals surface area contributed by atoms with Crippen LogP contribution in [0.1, 0.15) is 37.3 Å². The predicted octanol–water partition coefficient (Wildman–Crippen LogP) is 2.57. The molecule has 2 nitrogen and oxygen atoms in total. The fourth-order valence-electron chi connectivity index (χ4n) is 2.39. The molecule has 0 radical (unpaired) electrons. The summed E-state index contributed by atoms with van der Waals surface area (Å²) in [5, 5.41) is 0. The normalized spacial score (nSPS) is 17.6. The van der Waals surface area contributed by atoms with E-state index >= 15 is 0 Å². The Bertz CT molecular complexity index is 425. The molecule has 0 heterocycles. The average Bonchev–Trinajstić information content (AvgIpc) is 2.19. The summed E-state index contributed by atoms with van der Waals surface area (Å²) in [4.78, 5) is 23.3. The van der Waals surface area contributed by atoms with Gasteiger partial charge in [-0.1, -0.05) is 36.2 Å². The lowest BCUT2D eigenvalue weighted by molar-refractivity contribution is -0.141. The third kappa shape index (κ3) is 1.58. The molecule has 1 aliphatic carbocycles. The van der Waals surface area contributed by atoms with Crippen LogP contribution in [0.4, 0.5) is 0 Å². The molecule has 0 amide bonds. The van der Waals surface area contributed by atoms with Crippen molar-refractivity contribution in [1.29, 1.82) is 0 Å². The van der Waals surface area contributed by atoms with Gasteiger partial charge in [-0.25, -0.2) is 0 Å². The fraction of sp³-hybridized carbons (Fsp3) is 0.429. The predicted molar refractivity (Wildman–Crippen MR) is 62.4 cm³/mol. The van der Waals surface area contributed by atoms with Crippen molar-refractivity contribution in [2.45, 2.75) is 38.5 Å². The lowest BCUT2D eigenvalue weighted by Crippen LogP contribution is -2.45. The van der Waals surface area contributed by atoms with Crippen LogP contribution in [0.5, 0.6) is 0 Å². The number of carbonyl (C=O) groups excluding carboxylic acids is 2. The van der Waals surface area contributed by atoms with E-state index in [-0.39, 0.29) is 11.6 Å². The first-order chi connectivity index (χ1) is 7.56. The minimum absolute atomic E-state index is 0.220. The second kappa shape index (κ2) is 3.85. The molecule has 84 valence electrons. The lowest BCUT2D eigenvalue weighted by Gasteiger charge is -2.40. The van der Waals surface area contributed by atoms with E-state index in [0.717, 1.165) is 24.8 Å². The van der Waals surface area contributed by atoms with E-state index in [4.69, 9.17) is 0 Å². The molecule has 1 aromatic carbocycles. The summed E-state index contributed by atoms with van der Waals surface area (Å²) in [5.74, 6) is -0.539. The van der Waals surface area contributed by atoms with E-state index in [0.29, 0.717) is 0 Å². The standard InChI is InChI=1S/C14H16O2/c1-10-4-6-12(7-5-10)14(8-3-9-14)13(16)11(2)15/h4-7H,3,8-9H2,1-2H3. The number of carbonyl (C=O) groups is 2. The van der Waals surface area contributed by atoms with E-state index in [1.165, 1.54) is 12.5 Å². The highest BCUT2D eigenvalue weighted by atomic mass is 16.2. The maximum absolute atomic E-state index is 12.0. The Morgan fingerprint density at radius 1 is 1.12 bits per heavy atom. The maximum atomic E-state index is 12.0. The third-order valence-corrected chi connectivity index (χ3v) is 3.57. The minimum Gasteiger partial charge on any atom is -0.291 e. The zero-order valence-electron chi connectivity index (χ0n) is 9.75. The van der Waals surface area contributed by atoms with Crippen molar-refractivity contribution in [3.63, 3.8) is 0 Å². The van der Waals surface area contributed by atoms with Crippen LogP contribution < -0.4 is 0 Å². The van der Waals surface area contributed by atoms with Crippen LogP contribution >= 0.6 is 0 Å². The zero-order chi connectivity index (χ0) is 11.8. The fourth-order valence-corrected chi connectivity index (χ4v) is 2.39. The monoisotopic (exact) mass is 216 g/mol. The van der Waals surface area contributed by atoms with Crippen molar-refractivity contribution >= 4 is 11.6 Å². The quantitative estimate of drug-likeness (QED) is 0.728. The van der Waals surface area contributed by atoms with Gasteiger partial charge in [0.25, 0.3) is 0 Å². The van der Waals surface area contributed by atoms with Gasteiger partial charge >= 0.3 is 0 Å². The Morgan fingerprint density at radius 2 is 1.69 bits per heavy atom. The topological polar surface area (TPSA) is 34.1 Å². The molecular weight excluding hydrogens is 200 g/mol. The minimum atomic E-state index is -0.500. The highest BCUT2D eigenvalue weighted by Crippen LogP contribution is 2.44. The molecule has 0 aliphatic heterocycles. The van der Waals surface area contributed by atoms with Crippen LogP contribution in [0.15, 0.2) is 24.3 Å². The van der Waals surface area contributed by atoms with E-state index < -0.39 is 5.41 Å². The summed E-state index contributed by atoms with van der Waals surface area (Å²) in [5.41, 5.74) is 1.68. The van der Waals surface area contributed by atoms with Gasteiger partial charge in [0.1, 0.15) is 0 Å². The lowest BCUT2D eigenvalue weighted by atomic mass is 9.61. The van der Waals surface area contributed by atoms with Crippen molar-refractivity contribution in [2.24, 2.45) is 0 Å². The molecule has 2 rings (SSSR count). The van der Waals surface area contributed by atoms with Gasteiger partial charge in [-0.2, -0.15) is 0 Å². The number of ketones is 2. The van der Waals surface area contributed by atoms with E-state index in [1.54, 1.807) is 0 Å². The second-order valence-corrected chi connectivity index (χ2v) is 4.69. The Morgan fingerprint density at radius 3 is 2.06 bits per heavy atom. The zero-order valence-corrected chi connectivity index (χ0v) is 9.75. The van der Waals surface area contributed by atoms with Crippen LogP contribution in [0, 0.1) is 6.92 Å². The molecule has 16 heavy (non-hydrogen) atoms. The van der Waals surface area contributed by atoms with Gasteiger partial charge in [-0.15, -0.1) is 0 Å². The number of hydrogen-bond acceptors (Lipinski definition) is 2. The SMILES string of the molecule is CC(=O)C(=O)C1(c2ccc(C)cc2)CCC1. The number of aryl methyl sites for hydroxylation is 1. The number of rotatable bonds is 3. The Hall–Kier alpha value is -1.44. The van der Waals surface area contributed by atoms with Gasteiger partial charge in [0.15, 0.2) is 5.78 Å². The smallest absolute Gasteiger partial charge is 0.208 e. The molecule has 0 saturated heterocycles. The van der Waals surface area contributed by atoms with Crippen LogP contribution in [0.3, 0.4) is 0 Å². The van der Waals surface area contributed by atoms with E-state index in [9.17, 15) is 9.59 Å². The van der Waals surface area contributed by atoms with Crippen LogP contribution in [-0.2, 0) is 15.0 Å². The molecular formula is C14H16O2. The van der Waals surface area contributed by atoms with Crippen LogP contribution in [0.25, 0.3) is 0 Å². The highest BCUT2D eigenvalue weighted by molar-refractivity contribution is 6.40. The summed E-state index contributed by atoms with van der Waals surface area (Å²) in [6, 6.07) is 7.97. The van der Waals surface area contributed by atoms with Gasteiger partial charge in [0.05, 0.1) is 5.41 Å². The highest BCUT2D eigenvalue weighted by Gasteiger charge is 2.46. The van der Waals surface area contributed by atoms with Crippen molar-refractivity contribution in [2.75, 3.05) is 0 Å². The molecule has 0 unspecified atom stereocenters. The summed E-state index contributed by atoms with van der Waals surface area (Å²) in [6.07, 6.45) is 2.66. The summed E-state index contributed by atoms with van der Waals surface area (Å²) in [6.45, 7) is 3.39. The van der Waals surface area contributed by atoms with E-state index in [1.807, 2.05) is 31.2 Å². The summed E-state index contributed by atoms with van der Waals surface area (Å²) in [7, 11) is 0. The number of Topliss-reactive ketones (excluding diaryl/α,β-unsaturated/α-hetero) is 2. The molecule has 0 N–H and O–H groups in total. The van der Waals surface area contributed by atoms with Gasteiger partial charge in [-0.05, 0) is 25.3 Å². The first-order valence-corrected chi connectivity index (χ1v) is 5.69. The first kappa shape index (κ1) is 11.1. The van der Waals surface area contributed by atoms with Crippen LogP contribution in [0.2, 0.25) is 0 Å². The summed E-state index contributed by atoms with van der Waals surface area (Å²) >= 11 is 0. The molecule has 0 atom stereocenters. The maximum Gasteiger partial charge on any atom is 0.208 e. The molecule has 1 aliphatic rings. The molecule has 1 fully saturated rings. The van der Waals surface area contributed by atoms with Gasteiger partial charge in [0, 0.05) is 6.92 Å².